The lowest BCUT2D eigenvalue weighted by Gasteiger charge is -2.38. The summed E-state index contributed by atoms with van der Waals surface area (Å²) in [6, 6.07) is 0. The number of aliphatic hydroxyl groups is 1. The quantitative estimate of drug-likeness (QED) is 0.596. The Labute approximate surface area is 124 Å². The highest BCUT2D eigenvalue weighted by Crippen LogP contribution is 2.37. The molecule has 0 heterocycles. The zero-order valence-electron chi connectivity index (χ0n) is 12.5. The number of rotatable bonds is 5. The van der Waals surface area contributed by atoms with Gasteiger partial charge in [0.15, 0.2) is 0 Å². The van der Waals surface area contributed by atoms with Crippen molar-refractivity contribution < 1.29 is 5.11 Å². The van der Waals surface area contributed by atoms with Crippen molar-refractivity contribution in [1.82, 2.24) is 4.90 Å². The lowest BCUT2D eigenvalue weighted by atomic mass is 9.81. The molecule has 0 saturated heterocycles. The van der Waals surface area contributed by atoms with E-state index in [1.807, 2.05) is 0 Å². The van der Waals surface area contributed by atoms with E-state index in [1.165, 1.54) is 51.4 Å². The Hall–Kier alpha value is 0.270. The molecule has 0 aliphatic heterocycles. The van der Waals surface area contributed by atoms with Gasteiger partial charge in [0.2, 0.25) is 0 Å². The second-order valence-corrected chi connectivity index (χ2v) is 7.49. The van der Waals surface area contributed by atoms with Gasteiger partial charge >= 0.3 is 0 Å². The Morgan fingerprint density at radius 1 is 0.895 bits per heavy atom. The summed E-state index contributed by atoms with van der Waals surface area (Å²) in [4.78, 5) is 2.38. The van der Waals surface area contributed by atoms with Gasteiger partial charge in [-0.15, -0.1) is 0 Å². The molecule has 2 rings (SSSR count). The number of thiol groups is 1. The van der Waals surface area contributed by atoms with Gasteiger partial charge in [-0.3, -0.25) is 0 Å². The fourth-order valence-electron chi connectivity index (χ4n) is 4.17. The van der Waals surface area contributed by atoms with E-state index in [4.69, 9.17) is 0 Å². The lowest BCUT2D eigenvalue weighted by Crippen LogP contribution is -2.44. The van der Waals surface area contributed by atoms with Crippen LogP contribution in [0.5, 0.6) is 0 Å². The number of likely N-dealkylation sites (N-methyl/N-ethyl adjacent to an activating group) is 1. The SMILES string of the molecule is CN(CC1(O)CCCC1)CC1(CS)CCCCCC1. The van der Waals surface area contributed by atoms with Gasteiger partial charge in [-0.25, -0.2) is 0 Å². The van der Waals surface area contributed by atoms with Gasteiger partial charge in [-0.2, -0.15) is 12.6 Å². The van der Waals surface area contributed by atoms with Crippen LogP contribution in [-0.4, -0.2) is 41.5 Å². The van der Waals surface area contributed by atoms with Gasteiger partial charge in [0.25, 0.3) is 0 Å². The maximum absolute atomic E-state index is 10.5. The zero-order valence-corrected chi connectivity index (χ0v) is 13.4. The normalized spacial score (nSPS) is 26.5. The summed E-state index contributed by atoms with van der Waals surface area (Å²) in [5, 5.41) is 10.5. The Kier molecular flexibility index (Phi) is 5.62. The summed E-state index contributed by atoms with van der Waals surface area (Å²) >= 11 is 4.65. The molecule has 0 radical (unpaired) electrons. The van der Waals surface area contributed by atoms with E-state index in [2.05, 4.69) is 24.6 Å². The highest BCUT2D eigenvalue weighted by Gasteiger charge is 2.35. The molecule has 0 unspecified atom stereocenters. The van der Waals surface area contributed by atoms with Crippen molar-refractivity contribution in [3.63, 3.8) is 0 Å². The van der Waals surface area contributed by atoms with Crippen LogP contribution in [0, 0.1) is 5.41 Å². The maximum Gasteiger partial charge on any atom is 0.0774 e. The maximum atomic E-state index is 10.5. The molecule has 0 atom stereocenters. The van der Waals surface area contributed by atoms with Crippen molar-refractivity contribution in [3.05, 3.63) is 0 Å². The summed E-state index contributed by atoms with van der Waals surface area (Å²) in [6.45, 7) is 1.96. The topological polar surface area (TPSA) is 23.5 Å². The Morgan fingerprint density at radius 3 is 1.95 bits per heavy atom. The molecule has 2 nitrogen and oxygen atoms in total. The van der Waals surface area contributed by atoms with Gasteiger partial charge in [0.1, 0.15) is 0 Å². The molecular weight excluding hydrogens is 254 g/mol. The smallest absolute Gasteiger partial charge is 0.0774 e. The number of hydrogen-bond acceptors (Lipinski definition) is 3. The fourth-order valence-corrected chi connectivity index (χ4v) is 4.58. The molecule has 112 valence electrons. The fraction of sp³-hybridized carbons (Fsp3) is 1.00. The molecule has 2 aliphatic rings. The molecule has 0 spiro atoms. The van der Waals surface area contributed by atoms with Crippen LogP contribution >= 0.6 is 12.6 Å². The predicted molar refractivity (Wildman–Crippen MR) is 84.9 cm³/mol. The molecular formula is C16H31NOS. The number of hydrogen-bond donors (Lipinski definition) is 2. The van der Waals surface area contributed by atoms with Crippen LogP contribution in [0.2, 0.25) is 0 Å². The lowest BCUT2D eigenvalue weighted by molar-refractivity contribution is 0.00585. The largest absolute Gasteiger partial charge is 0.389 e. The zero-order chi connectivity index (χ0) is 13.8. The first-order valence-corrected chi connectivity index (χ1v) is 8.73. The van der Waals surface area contributed by atoms with E-state index in [1.54, 1.807) is 0 Å². The van der Waals surface area contributed by atoms with Gasteiger partial charge in [-0.05, 0) is 43.9 Å². The molecule has 19 heavy (non-hydrogen) atoms. The third-order valence-corrected chi connectivity index (χ3v) is 5.87. The summed E-state index contributed by atoms with van der Waals surface area (Å²) in [5.74, 6) is 0.996. The standard InChI is InChI=1S/C16H31NOS/c1-17(13-16(18)10-6-7-11-16)12-15(14-19)8-4-2-3-5-9-15/h18-19H,2-14H2,1H3. The van der Waals surface area contributed by atoms with Crippen molar-refractivity contribution in [2.75, 3.05) is 25.9 Å². The van der Waals surface area contributed by atoms with E-state index < -0.39 is 5.60 Å². The molecule has 0 aromatic rings. The van der Waals surface area contributed by atoms with Crippen molar-refractivity contribution in [1.29, 1.82) is 0 Å². The molecule has 3 heteroatoms. The van der Waals surface area contributed by atoms with Gasteiger partial charge in [-0.1, -0.05) is 38.5 Å². The Morgan fingerprint density at radius 2 is 1.42 bits per heavy atom. The van der Waals surface area contributed by atoms with Crippen LogP contribution in [-0.2, 0) is 0 Å². The molecule has 0 aromatic carbocycles. The van der Waals surface area contributed by atoms with E-state index in [-0.39, 0.29) is 0 Å². The average Bonchev–Trinajstić information content (AvgIpc) is 2.65. The predicted octanol–water partition coefficient (Wildman–Crippen LogP) is 3.49. The third-order valence-electron chi connectivity index (χ3n) is 5.20. The summed E-state index contributed by atoms with van der Waals surface area (Å²) < 4.78 is 0. The highest BCUT2D eigenvalue weighted by atomic mass is 32.1. The minimum atomic E-state index is -0.405. The summed E-state index contributed by atoms with van der Waals surface area (Å²) in [6.07, 6.45) is 12.5. The highest BCUT2D eigenvalue weighted by molar-refractivity contribution is 7.80. The summed E-state index contributed by atoms with van der Waals surface area (Å²) in [7, 11) is 2.19. The van der Waals surface area contributed by atoms with Crippen molar-refractivity contribution in [2.45, 2.75) is 69.8 Å². The first-order chi connectivity index (χ1) is 9.08. The minimum absolute atomic E-state index is 0.392. The van der Waals surface area contributed by atoms with Crippen LogP contribution in [0.1, 0.15) is 64.2 Å². The van der Waals surface area contributed by atoms with Gasteiger partial charge in [0.05, 0.1) is 5.60 Å². The third kappa shape index (κ3) is 4.37. The molecule has 0 bridgehead atoms. The van der Waals surface area contributed by atoms with E-state index in [0.717, 1.165) is 31.7 Å². The molecule has 1 N–H and O–H groups in total. The second kappa shape index (κ2) is 6.82. The first-order valence-electron chi connectivity index (χ1n) is 8.09. The van der Waals surface area contributed by atoms with E-state index in [0.29, 0.717) is 5.41 Å². The van der Waals surface area contributed by atoms with Crippen LogP contribution < -0.4 is 0 Å². The molecule has 2 saturated carbocycles. The van der Waals surface area contributed by atoms with Crippen molar-refractivity contribution in [3.8, 4) is 0 Å². The van der Waals surface area contributed by atoms with E-state index >= 15 is 0 Å². The van der Waals surface area contributed by atoms with E-state index in [9.17, 15) is 5.11 Å². The second-order valence-electron chi connectivity index (χ2n) is 7.18. The number of nitrogens with zero attached hydrogens (tertiary/aromatic N) is 1. The molecule has 2 fully saturated rings. The molecule has 2 aliphatic carbocycles. The van der Waals surface area contributed by atoms with Crippen LogP contribution in [0.15, 0.2) is 0 Å². The Balaban J connectivity index is 1.89. The van der Waals surface area contributed by atoms with Crippen LogP contribution in [0.3, 0.4) is 0 Å². The average molecular weight is 285 g/mol. The Bertz CT molecular complexity index is 268. The van der Waals surface area contributed by atoms with Crippen LogP contribution in [0.25, 0.3) is 0 Å². The van der Waals surface area contributed by atoms with Gasteiger partial charge < -0.3 is 10.0 Å². The van der Waals surface area contributed by atoms with Gasteiger partial charge in [0, 0.05) is 13.1 Å². The summed E-state index contributed by atoms with van der Waals surface area (Å²) in [5.41, 5.74) is -0.0133. The van der Waals surface area contributed by atoms with Crippen molar-refractivity contribution in [2.24, 2.45) is 5.41 Å². The van der Waals surface area contributed by atoms with Crippen molar-refractivity contribution >= 4 is 12.6 Å². The van der Waals surface area contributed by atoms with Crippen LogP contribution in [0.4, 0.5) is 0 Å². The minimum Gasteiger partial charge on any atom is -0.389 e. The first kappa shape index (κ1) is 15.7. The monoisotopic (exact) mass is 285 g/mol. The molecule has 0 amide bonds. The molecule has 0 aromatic heterocycles.